The molecule has 0 saturated heterocycles. The highest BCUT2D eigenvalue weighted by atomic mass is 15.0. The number of hydrogen-bond donors (Lipinski definition) is 0. The van der Waals surface area contributed by atoms with E-state index < -0.39 is 0 Å². The molecule has 0 aliphatic carbocycles. The zero-order valence-corrected chi connectivity index (χ0v) is 26.2. The number of rotatable bonds is 4. The Morgan fingerprint density at radius 2 is 0.979 bits per heavy atom. The van der Waals surface area contributed by atoms with Crippen LogP contribution in [-0.4, -0.2) is 9.13 Å². The lowest BCUT2D eigenvalue weighted by Gasteiger charge is -2.13. The second-order valence-corrected chi connectivity index (χ2v) is 12.6. The number of fused-ring (bicyclic) bond motifs is 7. The van der Waals surface area contributed by atoms with Crippen molar-refractivity contribution in [1.82, 2.24) is 9.13 Å². The van der Waals surface area contributed by atoms with Gasteiger partial charge in [-0.1, -0.05) is 121 Å². The topological polar surface area (TPSA) is 9.86 Å². The van der Waals surface area contributed by atoms with Crippen LogP contribution in [0, 0.1) is 0 Å². The van der Waals surface area contributed by atoms with E-state index in [1.807, 2.05) is 0 Å². The lowest BCUT2D eigenvalue weighted by molar-refractivity contribution is 1.13. The molecule has 0 unspecified atom stereocenters. The first-order valence-corrected chi connectivity index (χ1v) is 16.5. The van der Waals surface area contributed by atoms with Gasteiger partial charge in [0.15, 0.2) is 0 Å². The van der Waals surface area contributed by atoms with Crippen LogP contribution in [0.5, 0.6) is 0 Å². The number of benzene rings is 8. The van der Waals surface area contributed by atoms with Crippen molar-refractivity contribution in [3.63, 3.8) is 0 Å². The van der Waals surface area contributed by atoms with E-state index >= 15 is 0 Å². The molecule has 10 aromatic rings. The molecular weight excluding hydrogens is 581 g/mol. The summed E-state index contributed by atoms with van der Waals surface area (Å²) < 4.78 is 4.74. The molecule has 48 heavy (non-hydrogen) atoms. The molecule has 0 spiro atoms. The molecule has 0 amide bonds. The molecule has 0 aliphatic heterocycles. The average Bonchev–Trinajstić information content (AvgIpc) is 3.74. The van der Waals surface area contributed by atoms with Gasteiger partial charge in [0.25, 0.3) is 0 Å². The van der Waals surface area contributed by atoms with Gasteiger partial charge in [-0.2, -0.15) is 0 Å². The zero-order valence-electron chi connectivity index (χ0n) is 26.2. The lowest BCUT2D eigenvalue weighted by Crippen LogP contribution is -1.94. The second-order valence-electron chi connectivity index (χ2n) is 12.6. The van der Waals surface area contributed by atoms with Gasteiger partial charge >= 0.3 is 0 Å². The van der Waals surface area contributed by atoms with E-state index in [1.54, 1.807) is 0 Å². The quantitative estimate of drug-likeness (QED) is 0.188. The molecule has 0 N–H and O–H groups in total. The number of aromatic nitrogens is 2. The fraction of sp³-hybridized carbons (Fsp3) is 0. The van der Waals surface area contributed by atoms with Crippen molar-refractivity contribution in [3.8, 4) is 33.6 Å². The van der Waals surface area contributed by atoms with Gasteiger partial charge in [-0.25, -0.2) is 0 Å². The van der Waals surface area contributed by atoms with E-state index in [0.717, 1.165) is 5.69 Å². The minimum atomic E-state index is 1.16. The normalized spacial score (nSPS) is 11.8. The van der Waals surface area contributed by atoms with Gasteiger partial charge in [0, 0.05) is 39.1 Å². The molecule has 0 fully saturated rings. The SMILES string of the molecule is c1ccc(-c2ccc(-n3ccc4cc(-c5ccc6c(c5)c5ccccc5n6-c5ccc6ccccc6c5)c5ccccc5c43)cc2)cc1. The van der Waals surface area contributed by atoms with Crippen LogP contribution in [0.2, 0.25) is 0 Å². The predicted molar refractivity (Wildman–Crippen MR) is 203 cm³/mol. The molecule has 2 aromatic heterocycles. The van der Waals surface area contributed by atoms with Crippen LogP contribution in [-0.2, 0) is 0 Å². The molecular formula is C46H30N2. The number of para-hydroxylation sites is 1. The van der Waals surface area contributed by atoms with Crippen molar-refractivity contribution in [3.05, 3.63) is 182 Å². The Morgan fingerprint density at radius 1 is 0.333 bits per heavy atom. The third-order valence-corrected chi connectivity index (χ3v) is 9.92. The molecule has 8 aromatic carbocycles. The number of hydrogen-bond acceptors (Lipinski definition) is 0. The maximum atomic E-state index is 2.41. The number of nitrogens with zero attached hydrogens (tertiary/aromatic N) is 2. The van der Waals surface area contributed by atoms with E-state index in [0.29, 0.717) is 0 Å². The predicted octanol–water partition coefficient (Wildman–Crippen LogP) is 12.4. The van der Waals surface area contributed by atoms with Gasteiger partial charge in [0.05, 0.1) is 16.6 Å². The van der Waals surface area contributed by atoms with Crippen LogP contribution in [0.1, 0.15) is 0 Å². The van der Waals surface area contributed by atoms with Crippen molar-refractivity contribution in [2.75, 3.05) is 0 Å². The molecule has 10 rings (SSSR count). The van der Waals surface area contributed by atoms with Crippen LogP contribution >= 0.6 is 0 Å². The molecule has 2 nitrogen and oxygen atoms in total. The third-order valence-electron chi connectivity index (χ3n) is 9.92. The fourth-order valence-electron chi connectivity index (χ4n) is 7.64. The van der Waals surface area contributed by atoms with E-state index in [-0.39, 0.29) is 0 Å². The first-order chi connectivity index (χ1) is 23.8. The average molecular weight is 611 g/mol. The maximum Gasteiger partial charge on any atom is 0.0607 e. The smallest absolute Gasteiger partial charge is 0.0607 e. The molecule has 0 atom stereocenters. The molecule has 2 heteroatoms. The highest BCUT2D eigenvalue weighted by Crippen LogP contribution is 2.40. The summed E-state index contributed by atoms with van der Waals surface area (Å²) in [5.41, 5.74) is 10.9. The van der Waals surface area contributed by atoms with E-state index in [2.05, 4.69) is 191 Å². The Kier molecular flexibility index (Phi) is 5.91. The first kappa shape index (κ1) is 26.8. The van der Waals surface area contributed by atoms with Crippen molar-refractivity contribution in [2.24, 2.45) is 0 Å². The Labute approximate surface area is 278 Å². The fourth-order valence-corrected chi connectivity index (χ4v) is 7.64. The Balaban J connectivity index is 1.14. The van der Waals surface area contributed by atoms with Gasteiger partial charge in [-0.15, -0.1) is 0 Å². The molecule has 0 bridgehead atoms. The molecule has 224 valence electrons. The Bertz CT molecular complexity index is 2820. The Hall–Kier alpha value is -6.38. The van der Waals surface area contributed by atoms with Crippen LogP contribution in [0.3, 0.4) is 0 Å². The summed E-state index contributed by atoms with van der Waals surface area (Å²) in [6.45, 7) is 0. The van der Waals surface area contributed by atoms with Gasteiger partial charge in [0.2, 0.25) is 0 Å². The largest absolute Gasteiger partial charge is 0.316 e. The summed E-state index contributed by atoms with van der Waals surface area (Å²) in [5, 5.41) is 8.76. The van der Waals surface area contributed by atoms with Crippen molar-refractivity contribution in [2.45, 2.75) is 0 Å². The summed E-state index contributed by atoms with van der Waals surface area (Å²) in [4.78, 5) is 0. The van der Waals surface area contributed by atoms with E-state index in [4.69, 9.17) is 0 Å². The molecule has 0 radical (unpaired) electrons. The van der Waals surface area contributed by atoms with Crippen LogP contribution < -0.4 is 0 Å². The monoisotopic (exact) mass is 610 g/mol. The van der Waals surface area contributed by atoms with Crippen LogP contribution in [0.25, 0.3) is 87.9 Å². The van der Waals surface area contributed by atoms with Crippen LogP contribution in [0.15, 0.2) is 182 Å². The van der Waals surface area contributed by atoms with Crippen LogP contribution in [0.4, 0.5) is 0 Å². The van der Waals surface area contributed by atoms with E-state index in [1.165, 1.54) is 82.2 Å². The second kappa shape index (κ2) is 10.6. The minimum absolute atomic E-state index is 1.16. The summed E-state index contributed by atoms with van der Waals surface area (Å²) in [6.07, 6.45) is 2.21. The standard InChI is InChI=1S/C46H30N2/c1-2-10-31(11-3-1)33-18-22-37(23-19-33)47-27-26-36-30-42(39-14-6-7-16-41(39)46(36)47)35-21-25-45-43(29-35)40-15-8-9-17-44(40)48(45)38-24-20-32-12-4-5-13-34(32)28-38/h1-30H. The highest BCUT2D eigenvalue weighted by molar-refractivity contribution is 6.15. The summed E-state index contributed by atoms with van der Waals surface area (Å²) in [7, 11) is 0. The van der Waals surface area contributed by atoms with Gasteiger partial charge in [0.1, 0.15) is 0 Å². The molecule has 2 heterocycles. The Morgan fingerprint density at radius 3 is 1.83 bits per heavy atom. The maximum absolute atomic E-state index is 2.41. The van der Waals surface area contributed by atoms with E-state index in [9.17, 15) is 0 Å². The summed E-state index contributed by atoms with van der Waals surface area (Å²) >= 11 is 0. The first-order valence-electron chi connectivity index (χ1n) is 16.5. The molecule has 0 aliphatic rings. The summed E-state index contributed by atoms with van der Waals surface area (Å²) in [6, 6.07) is 64.0. The molecule has 0 saturated carbocycles. The minimum Gasteiger partial charge on any atom is -0.316 e. The summed E-state index contributed by atoms with van der Waals surface area (Å²) in [5.74, 6) is 0. The lowest BCUT2D eigenvalue weighted by atomic mass is 9.95. The van der Waals surface area contributed by atoms with Gasteiger partial charge < -0.3 is 9.13 Å². The highest BCUT2D eigenvalue weighted by Gasteiger charge is 2.17. The van der Waals surface area contributed by atoms with Crippen molar-refractivity contribution < 1.29 is 0 Å². The zero-order chi connectivity index (χ0) is 31.6. The van der Waals surface area contributed by atoms with Gasteiger partial charge in [-0.05, 0) is 93.0 Å². The van der Waals surface area contributed by atoms with Gasteiger partial charge in [-0.3, -0.25) is 0 Å². The van der Waals surface area contributed by atoms with Crippen molar-refractivity contribution in [1.29, 1.82) is 0 Å². The van der Waals surface area contributed by atoms with Crippen molar-refractivity contribution >= 4 is 54.3 Å². The third kappa shape index (κ3) is 4.13.